The molecule has 2 aromatic heterocycles. The Morgan fingerprint density at radius 2 is 2.04 bits per heavy atom. The molecule has 0 saturated carbocycles. The van der Waals surface area contributed by atoms with Crippen molar-refractivity contribution in [2.24, 2.45) is 0 Å². The zero-order chi connectivity index (χ0) is 16.1. The molecule has 1 N–H and O–H groups in total. The number of anilines is 1. The Morgan fingerprint density at radius 1 is 1.22 bits per heavy atom. The summed E-state index contributed by atoms with van der Waals surface area (Å²) in [4.78, 5) is 20.6. The zero-order valence-electron chi connectivity index (χ0n) is 12.8. The number of thioether (sulfide) groups is 1. The highest BCUT2D eigenvalue weighted by Crippen LogP contribution is 2.28. The maximum atomic E-state index is 12.1. The normalized spacial score (nSPS) is 10.8. The maximum Gasteiger partial charge on any atom is 0.234 e. The van der Waals surface area contributed by atoms with Crippen LogP contribution in [0.5, 0.6) is 0 Å². The van der Waals surface area contributed by atoms with E-state index in [-0.39, 0.29) is 5.91 Å². The summed E-state index contributed by atoms with van der Waals surface area (Å²) in [5.74, 6) is 0.308. The molecule has 1 aromatic carbocycles. The van der Waals surface area contributed by atoms with E-state index >= 15 is 0 Å². The van der Waals surface area contributed by atoms with E-state index in [4.69, 9.17) is 0 Å². The number of rotatable bonds is 6. The summed E-state index contributed by atoms with van der Waals surface area (Å²) in [6.45, 7) is 2.16. The standard InChI is InChI=1S/C17H17N3OS2/c1-2-3-12-4-6-13(7-5-12)20-15(21)10-23-17-16-14(8-9-22-16)18-11-19-17/h4-9,11H,2-3,10H2,1H3,(H,20,21). The van der Waals surface area contributed by atoms with E-state index in [0.717, 1.165) is 33.8 Å². The van der Waals surface area contributed by atoms with E-state index in [1.165, 1.54) is 17.3 Å². The third-order valence-corrected chi connectivity index (χ3v) is 5.36. The highest BCUT2D eigenvalue weighted by molar-refractivity contribution is 8.00. The summed E-state index contributed by atoms with van der Waals surface area (Å²) in [5, 5.41) is 5.77. The maximum absolute atomic E-state index is 12.1. The fourth-order valence-corrected chi connectivity index (χ4v) is 3.99. The van der Waals surface area contributed by atoms with Crippen LogP contribution in [0.25, 0.3) is 10.2 Å². The van der Waals surface area contributed by atoms with Gasteiger partial charge >= 0.3 is 0 Å². The van der Waals surface area contributed by atoms with Crippen LogP contribution in [0.15, 0.2) is 47.1 Å². The average Bonchev–Trinajstić information content (AvgIpc) is 3.04. The van der Waals surface area contributed by atoms with Crippen molar-refractivity contribution >= 4 is 44.9 Å². The Bertz CT molecular complexity index is 799. The van der Waals surface area contributed by atoms with Crippen LogP contribution in [0.3, 0.4) is 0 Å². The SMILES string of the molecule is CCCc1ccc(NC(=O)CSc2ncnc3ccsc23)cc1. The summed E-state index contributed by atoms with van der Waals surface area (Å²) >= 11 is 3.04. The van der Waals surface area contributed by atoms with Gasteiger partial charge in [-0.2, -0.15) is 0 Å². The lowest BCUT2D eigenvalue weighted by Crippen LogP contribution is -2.14. The van der Waals surface area contributed by atoms with Crippen LogP contribution in [0.1, 0.15) is 18.9 Å². The van der Waals surface area contributed by atoms with Crippen LogP contribution in [-0.4, -0.2) is 21.6 Å². The van der Waals surface area contributed by atoms with Crippen LogP contribution >= 0.6 is 23.1 Å². The molecule has 0 radical (unpaired) electrons. The molecule has 2 heterocycles. The number of hydrogen-bond acceptors (Lipinski definition) is 5. The monoisotopic (exact) mass is 343 g/mol. The molecule has 118 valence electrons. The lowest BCUT2D eigenvalue weighted by molar-refractivity contribution is -0.113. The Hall–Kier alpha value is -1.92. The Labute approximate surface area is 143 Å². The van der Waals surface area contributed by atoms with E-state index < -0.39 is 0 Å². The van der Waals surface area contributed by atoms with Crippen LogP contribution in [-0.2, 0) is 11.2 Å². The number of aromatic nitrogens is 2. The lowest BCUT2D eigenvalue weighted by Gasteiger charge is -2.06. The van der Waals surface area contributed by atoms with Crippen molar-refractivity contribution in [3.05, 3.63) is 47.6 Å². The molecule has 0 fully saturated rings. The second-order valence-electron chi connectivity index (χ2n) is 5.10. The van der Waals surface area contributed by atoms with E-state index in [2.05, 4.69) is 34.3 Å². The van der Waals surface area contributed by atoms with Crippen LogP contribution in [0, 0.1) is 0 Å². The number of carbonyl (C=O) groups excluding carboxylic acids is 1. The summed E-state index contributed by atoms with van der Waals surface area (Å²) in [5.41, 5.74) is 3.06. The highest BCUT2D eigenvalue weighted by Gasteiger charge is 2.09. The number of thiophene rings is 1. The van der Waals surface area contributed by atoms with Gasteiger partial charge in [0.05, 0.1) is 16.0 Å². The van der Waals surface area contributed by atoms with Gasteiger partial charge in [-0.05, 0) is 35.6 Å². The number of nitrogens with one attached hydrogen (secondary N) is 1. The van der Waals surface area contributed by atoms with Crippen molar-refractivity contribution in [2.75, 3.05) is 11.1 Å². The molecule has 0 unspecified atom stereocenters. The van der Waals surface area contributed by atoms with Gasteiger partial charge in [0.15, 0.2) is 0 Å². The Morgan fingerprint density at radius 3 is 2.83 bits per heavy atom. The molecule has 0 spiro atoms. The summed E-state index contributed by atoms with van der Waals surface area (Å²) in [6.07, 6.45) is 3.73. The van der Waals surface area contributed by atoms with Crippen molar-refractivity contribution < 1.29 is 4.79 Å². The number of benzene rings is 1. The summed E-state index contributed by atoms with van der Waals surface area (Å²) in [6, 6.07) is 9.99. The van der Waals surface area contributed by atoms with Crippen molar-refractivity contribution in [2.45, 2.75) is 24.8 Å². The van der Waals surface area contributed by atoms with Crippen molar-refractivity contribution in [3.63, 3.8) is 0 Å². The van der Waals surface area contributed by atoms with E-state index in [1.54, 1.807) is 17.7 Å². The largest absolute Gasteiger partial charge is 0.325 e. The van der Waals surface area contributed by atoms with Gasteiger partial charge in [-0.15, -0.1) is 11.3 Å². The predicted molar refractivity (Wildman–Crippen MR) is 97.2 cm³/mol. The molecule has 1 amide bonds. The quantitative estimate of drug-likeness (QED) is 0.533. The Kier molecular flexibility index (Phi) is 5.25. The second kappa shape index (κ2) is 7.57. The topological polar surface area (TPSA) is 54.9 Å². The van der Waals surface area contributed by atoms with Gasteiger partial charge in [0.1, 0.15) is 11.4 Å². The minimum atomic E-state index is -0.0263. The van der Waals surface area contributed by atoms with E-state index in [0.29, 0.717) is 5.75 Å². The van der Waals surface area contributed by atoms with E-state index in [1.807, 2.05) is 23.6 Å². The molecule has 0 bridgehead atoms. The average molecular weight is 343 g/mol. The predicted octanol–water partition coefficient (Wildman–Crippen LogP) is 4.37. The molecule has 0 atom stereocenters. The first-order valence-electron chi connectivity index (χ1n) is 7.46. The van der Waals surface area contributed by atoms with Gasteiger partial charge in [0.25, 0.3) is 0 Å². The summed E-state index contributed by atoms with van der Waals surface area (Å²) in [7, 11) is 0. The van der Waals surface area contributed by atoms with Gasteiger partial charge in [-0.25, -0.2) is 9.97 Å². The molecule has 0 aliphatic carbocycles. The molecular weight excluding hydrogens is 326 g/mol. The van der Waals surface area contributed by atoms with Gasteiger partial charge in [-0.3, -0.25) is 4.79 Å². The number of fused-ring (bicyclic) bond motifs is 1. The number of carbonyl (C=O) groups is 1. The smallest absolute Gasteiger partial charge is 0.234 e. The van der Waals surface area contributed by atoms with Gasteiger partial charge < -0.3 is 5.32 Å². The number of aryl methyl sites for hydroxylation is 1. The molecule has 3 aromatic rings. The third-order valence-electron chi connectivity index (χ3n) is 3.33. The van der Waals surface area contributed by atoms with Crippen molar-refractivity contribution in [1.82, 2.24) is 9.97 Å². The molecule has 0 saturated heterocycles. The Balaban J connectivity index is 1.58. The van der Waals surface area contributed by atoms with Gasteiger partial charge in [-0.1, -0.05) is 37.2 Å². The number of amides is 1. The minimum Gasteiger partial charge on any atom is -0.325 e. The molecule has 0 aliphatic heterocycles. The second-order valence-corrected chi connectivity index (χ2v) is 6.98. The van der Waals surface area contributed by atoms with Gasteiger partial charge in [0, 0.05) is 5.69 Å². The first-order chi connectivity index (χ1) is 11.3. The minimum absolute atomic E-state index is 0.0263. The van der Waals surface area contributed by atoms with Crippen LogP contribution < -0.4 is 5.32 Å². The molecule has 0 aliphatic rings. The first kappa shape index (κ1) is 16.0. The molecule has 23 heavy (non-hydrogen) atoms. The molecular formula is C17H17N3OS2. The fraction of sp³-hybridized carbons (Fsp3) is 0.235. The van der Waals surface area contributed by atoms with E-state index in [9.17, 15) is 4.79 Å². The fourth-order valence-electron chi connectivity index (χ4n) is 2.24. The van der Waals surface area contributed by atoms with Crippen molar-refractivity contribution in [3.8, 4) is 0 Å². The molecule has 6 heteroatoms. The first-order valence-corrected chi connectivity index (χ1v) is 9.32. The van der Waals surface area contributed by atoms with Crippen molar-refractivity contribution in [1.29, 1.82) is 0 Å². The van der Waals surface area contributed by atoms with Crippen LogP contribution in [0.4, 0.5) is 5.69 Å². The van der Waals surface area contributed by atoms with Gasteiger partial charge in [0.2, 0.25) is 5.91 Å². The lowest BCUT2D eigenvalue weighted by atomic mass is 10.1. The molecule has 3 rings (SSSR count). The highest BCUT2D eigenvalue weighted by atomic mass is 32.2. The molecule has 4 nitrogen and oxygen atoms in total. The number of nitrogens with zero attached hydrogens (tertiary/aromatic N) is 2. The summed E-state index contributed by atoms with van der Waals surface area (Å²) < 4.78 is 1.04. The zero-order valence-corrected chi connectivity index (χ0v) is 14.4. The number of hydrogen-bond donors (Lipinski definition) is 1. The third kappa shape index (κ3) is 4.09. The van der Waals surface area contributed by atoms with Crippen LogP contribution in [0.2, 0.25) is 0 Å².